The van der Waals surface area contributed by atoms with E-state index in [4.69, 9.17) is 4.42 Å². The number of aromatic nitrogens is 3. The maximum atomic E-state index is 13.1. The molecule has 3 aromatic rings. The quantitative estimate of drug-likeness (QED) is 0.627. The molecule has 0 atom stereocenters. The molecular weight excluding hydrogens is 404 g/mol. The highest BCUT2D eigenvalue weighted by molar-refractivity contribution is 5.79. The standard InChI is InChI=1S/C24H28N6O2/c1-18-5-7-19(8-6-18)22-26-27-24(32-22)30-12-9-20(10-13-30)23(31)29-16-14-28(15-17-29)21-4-2-3-11-25-21/h2-8,11,20H,9-10,12-17H2,1H3. The van der Waals surface area contributed by atoms with Crippen molar-refractivity contribution >= 4 is 17.7 Å². The Labute approximate surface area is 187 Å². The van der Waals surface area contributed by atoms with Gasteiger partial charge in [-0.15, -0.1) is 5.10 Å². The second kappa shape index (κ2) is 8.98. The van der Waals surface area contributed by atoms with Crippen LogP contribution in [0.25, 0.3) is 11.5 Å². The van der Waals surface area contributed by atoms with Gasteiger partial charge in [-0.3, -0.25) is 4.79 Å². The summed E-state index contributed by atoms with van der Waals surface area (Å²) in [6.07, 6.45) is 3.43. The molecule has 2 aliphatic rings. The normalized spacial score (nSPS) is 17.6. The van der Waals surface area contributed by atoms with Crippen molar-refractivity contribution in [1.29, 1.82) is 0 Å². The number of hydrogen-bond donors (Lipinski definition) is 0. The van der Waals surface area contributed by atoms with Crippen LogP contribution in [0.4, 0.5) is 11.8 Å². The first-order valence-corrected chi connectivity index (χ1v) is 11.3. The van der Waals surface area contributed by atoms with E-state index in [1.54, 1.807) is 0 Å². The van der Waals surface area contributed by atoms with Gasteiger partial charge >= 0.3 is 6.01 Å². The van der Waals surface area contributed by atoms with Crippen molar-refractivity contribution in [2.45, 2.75) is 19.8 Å². The van der Waals surface area contributed by atoms with Gasteiger partial charge in [0.1, 0.15) is 5.82 Å². The number of aryl methyl sites for hydroxylation is 1. The molecule has 0 saturated carbocycles. The van der Waals surface area contributed by atoms with Crippen molar-refractivity contribution in [3.05, 3.63) is 54.2 Å². The summed E-state index contributed by atoms with van der Waals surface area (Å²) in [5, 5.41) is 8.45. The Bertz CT molecular complexity index is 1040. The van der Waals surface area contributed by atoms with Crippen LogP contribution in [0.2, 0.25) is 0 Å². The van der Waals surface area contributed by atoms with E-state index in [-0.39, 0.29) is 11.8 Å². The summed E-state index contributed by atoms with van der Waals surface area (Å²) in [5.41, 5.74) is 2.11. The molecular formula is C24H28N6O2. The molecule has 8 nitrogen and oxygen atoms in total. The molecule has 0 bridgehead atoms. The molecule has 2 aliphatic heterocycles. The van der Waals surface area contributed by atoms with Crippen molar-refractivity contribution < 1.29 is 9.21 Å². The molecule has 0 spiro atoms. The zero-order valence-electron chi connectivity index (χ0n) is 18.4. The van der Waals surface area contributed by atoms with Crippen LogP contribution in [-0.4, -0.2) is 65.3 Å². The highest BCUT2D eigenvalue weighted by atomic mass is 16.4. The lowest BCUT2D eigenvalue weighted by Gasteiger charge is -2.38. The fraction of sp³-hybridized carbons (Fsp3) is 0.417. The molecule has 8 heteroatoms. The Morgan fingerprint density at radius 1 is 0.906 bits per heavy atom. The Balaban J connectivity index is 1.13. The van der Waals surface area contributed by atoms with E-state index in [0.717, 1.165) is 63.5 Å². The highest BCUT2D eigenvalue weighted by Crippen LogP contribution is 2.27. The number of carbonyl (C=O) groups is 1. The van der Waals surface area contributed by atoms with Gasteiger partial charge < -0.3 is 19.1 Å². The topological polar surface area (TPSA) is 78.6 Å². The highest BCUT2D eigenvalue weighted by Gasteiger charge is 2.32. The Kier molecular flexibility index (Phi) is 5.75. The number of piperidine rings is 1. The Morgan fingerprint density at radius 3 is 2.34 bits per heavy atom. The molecule has 5 rings (SSSR count). The molecule has 1 aromatic carbocycles. The van der Waals surface area contributed by atoms with Crippen molar-refractivity contribution in [3.8, 4) is 11.5 Å². The maximum Gasteiger partial charge on any atom is 0.318 e. The molecule has 2 aromatic heterocycles. The number of anilines is 2. The number of rotatable bonds is 4. The number of amides is 1. The molecule has 0 radical (unpaired) electrons. The lowest BCUT2D eigenvalue weighted by Crippen LogP contribution is -2.52. The average Bonchev–Trinajstić information content (AvgIpc) is 3.35. The van der Waals surface area contributed by atoms with Crippen LogP contribution >= 0.6 is 0 Å². The summed E-state index contributed by atoms with van der Waals surface area (Å²) >= 11 is 0. The van der Waals surface area contributed by atoms with E-state index in [1.165, 1.54) is 5.56 Å². The number of nitrogens with zero attached hydrogens (tertiary/aromatic N) is 6. The fourth-order valence-corrected chi connectivity index (χ4v) is 4.43. The first-order chi connectivity index (χ1) is 15.7. The first-order valence-electron chi connectivity index (χ1n) is 11.3. The van der Waals surface area contributed by atoms with E-state index < -0.39 is 0 Å². The van der Waals surface area contributed by atoms with Gasteiger partial charge in [0.15, 0.2) is 0 Å². The van der Waals surface area contributed by atoms with Gasteiger partial charge in [0.2, 0.25) is 11.8 Å². The lowest BCUT2D eigenvalue weighted by atomic mass is 9.95. The second-order valence-corrected chi connectivity index (χ2v) is 8.52. The summed E-state index contributed by atoms with van der Waals surface area (Å²) in [6.45, 7) is 6.70. The van der Waals surface area contributed by atoms with Gasteiger partial charge in [-0.05, 0) is 44.0 Å². The SMILES string of the molecule is Cc1ccc(-c2nnc(N3CCC(C(=O)N4CCN(c5ccccn5)CC4)CC3)o2)cc1. The van der Waals surface area contributed by atoms with Crippen LogP contribution in [0.5, 0.6) is 0 Å². The minimum absolute atomic E-state index is 0.0622. The predicted molar refractivity (Wildman–Crippen MR) is 122 cm³/mol. The van der Waals surface area contributed by atoms with E-state index in [1.807, 2.05) is 53.6 Å². The number of hydrogen-bond acceptors (Lipinski definition) is 7. The second-order valence-electron chi connectivity index (χ2n) is 8.52. The van der Waals surface area contributed by atoms with Crippen LogP contribution in [-0.2, 0) is 4.79 Å². The summed E-state index contributed by atoms with van der Waals surface area (Å²) in [6, 6.07) is 14.5. The lowest BCUT2D eigenvalue weighted by molar-refractivity contribution is -0.136. The number of benzene rings is 1. The number of piperazine rings is 1. The molecule has 0 N–H and O–H groups in total. The molecule has 4 heterocycles. The number of carbonyl (C=O) groups excluding carboxylic acids is 1. The predicted octanol–water partition coefficient (Wildman–Crippen LogP) is 3.01. The third kappa shape index (κ3) is 4.30. The summed E-state index contributed by atoms with van der Waals surface area (Å²) in [7, 11) is 0. The van der Waals surface area contributed by atoms with E-state index in [0.29, 0.717) is 11.9 Å². The minimum Gasteiger partial charge on any atom is -0.403 e. The molecule has 1 amide bonds. The third-order valence-corrected chi connectivity index (χ3v) is 6.39. The molecule has 0 unspecified atom stereocenters. The fourth-order valence-electron chi connectivity index (χ4n) is 4.43. The average molecular weight is 433 g/mol. The van der Waals surface area contributed by atoms with Gasteiger partial charge in [-0.25, -0.2) is 4.98 Å². The van der Waals surface area contributed by atoms with Crippen molar-refractivity contribution in [1.82, 2.24) is 20.1 Å². The third-order valence-electron chi connectivity index (χ3n) is 6.39. The van der Waals surface area contributed by atoms with Gasteiger partial charge in [0, 0.05) is 56.9 Å². The van der Waals surface area contributed by atoms with E-state index in [9.17, 15) is 4.79 Å². The molecule has 32 heavy (non-hydrogen) atoms. The maximum absolute atomic E-state index is 13.1. The van der Waals surface area contributed by atoms with E-state index in [2.05, 4.69) is 31.9 Å². The van der Waals surface area contributed by atoms with Gasteiger partial charge in [0.25, 0.3) is 0 Å². The Morgan fingerprint density at radius 2 is 1.66 bits per heavy atom. The van der Waals surface area contributed by atoms with Crippen LogP contribution in [0.15, 0.2) is 53.1 Å². The molecule has 0 aliphatic carbocycles. The summed E-state index contributed by atoms with van der Waals surface area (Å²) in [5.74, 6) is 1.85. The van der Waals surface area contributed by atoms with Gasteiger partial charge in [0.05, 0.1) is 0 Å². The Hall–Kier alpha value is -3.42. The minimum atomic E-state index is 0.0622. The van der Waals surface area contributed by atoms with Gasteiger partial charge in [-0.2, -0.15) is 0 Å². The number of pyridine rings is 1. The van der Waals surface area contributed by atoms with Crippen LogP contribution < -0.4 is 9.80 Å². The zero-order chi connectivity index (χ0) is 21.9. The van der Waals surface area contributed by atoms with Gasteiger partial charge in [-0.1, -0.05) is 28.9 Å². The van der Waals surface area contributed by atoms with Crippen molar-refractivity contribution in [2.24, 2.45) is 5.92 Å². The zero-order valence-corrected chi connectivity index (χ0v) is 18.4. The van der Waals surface area contributed by atoms with Crippen molar-refractivity contribution in [3.63, 3.8) is 0 Å². The van der Waals surface area contributed by atoms with Crippen molar-refractivity contribution in [2.75, 3.05) is 49.1 Å². The monoisotopic (exact) mass is 432 g/mol. The summed E-state index contributed by atoms with van der Waals surface area (Å²) < 4.78 is 5.91. The van der Waals surface area contributed by atoms with Crippen LogP contribution in [0.3, 0.4) is 0 Å². The summed E-state index contributed by atoms with van der Waals surface area (Å²) in [4.78, 5) is 23.8. The van der Waals surface area contributed by atoms with Crippen LogP contribution in [0, 0.1) is 12.8 Å². The van der Waals surface area contributed by atoms with Crippen LogP contribution in [0.1, 0.15) is 18.4 Å². The first kappa shape index (κ1) is 20.5. The molecule has 2 fully saturated rings. The smallest absolute Gasteiger partial charge is 0.318 e. The van der Waals surface area contributed by atoms with E-state index >= 15 is 0 Å². The molecule has 2 saturated heterocycles. The largest absolute Gasteiger partial charge is 0.403 e. The molecule has 166 valence electrons.